The second-order valence-corrected chi connectivity index (χ2v) is 5.67. The molecule has 0 fully saturated rings. The van der Waals surface area contributed by atoms with Crippen molar-refractivity contribution in [3.63, 3.8) is 0 Å². The first kappa shape index (κ1) is 20.6. The van der Waals surface area contributed by atoms with Crippen LogP contribution in [0.5, 0.6) is 11.8 Å². The number of aromatic nitrogens is 2. The SMILES string of the molecule is CCN(CC)CCCOc1ccc(OCCCN(CC)CC)nn1. The number of hydrogen-bond donors (Lipinski definition) is 0. The summed E-state index contributed by atoms with van der Waals surface area (Å²) in [6.45, 7) is 16.5. The minimum atomic E-state index is 0.560. The lowest BCUT2D eigenvalue weighted by Crippen LogP contribution is -2.25. The van der Waals surface area contributed by atoms with Crippen molar-refractivity contribution in [3.05, 3.63) is 12.1 Å². The summed E-state index contributed by atoms with van der Waals surface area (Å²) < 4.78 is 11.2. The summed E-state index contributed by atoms with van der Waals surface area (Å²) >= 11 is 0. The molecule has 1 rings (SSSR count). The van der Waals surface area contributed by atoms with Crippen molar-refractivity contribution in [1.29, 1.82) is 0 Å². The summed E-state index contributed by atoms with van der Waals surface area (Å²) in [6, 6.07) is 3.65. The van der Waals surface area contributed by atoms with Gasteiger partial charge in [0.2, 0.25) is 11.8 Å². The second-order valence-electron chi connectivity index (χ2n) is 5.67. The Kier molecular flexibility index (Phi) is 11.1. The monoisotopic (exact) mass is 338 g/mol. The van der Waals surface area contributed by atoms with Crippen LogP contribution < -0.4 is 9.47 Å². The van der Waals surface area contributed by atoms with Crippen molar-refractivity contribution in [1.82, 2.24) is 20.0 Å². The number of nitrogens with zero attached hydrogens (tertiary/aromatic N) is 4. The fourth-order valence-electron chi connectivity index (χ4n) is 2.47. The molecule has 0 atom stereocenters. The molecule has 6 heteroatoms. The van der Waals surface area contributed by atoms with Crippen LogP contribution in [0.3, 0.4) is 0 Å². The highest BCUT2D eigenvalue weighted by molar-refractivity contribution is 5.15. The second kappa shape index (κ2) is 13.0. The minimum absolute atomic E-state index is 0.560. The van der Waals surface area contributed by atoms with Crippen LogP contribution in [-0.2, 0) is 0 Å². The van der Waals surface area contributed by atoms with Crippen molar-refractivity contribution in [2.24, 2.45) is 0 Å². The van der Waals surface area contributed by atoms with Gasteiger partial charge in [0.1, 0.15) is 0 Å². The molecule has 0 N–H and O–H groups in total. The van der Waals surface area contributed by atoms with E-state index in [0.717, 1.165) is 52.1 Å². The van der Waals surface area contributed by atoms with E-state index < -0.39 is 0 Å². The van der Waals surface area contributed by atoms with Crippen LogP contribution in [0.2, 0.25) is 0 Å². The average molecular weight is 338 g/mol. The van der Waals surface area contributed by atoms with Crippen molar-refractivity contribution in [2.75, 3.05) is 52.5 Å². The predicted octanol–water partition coefficient (Wildman–Crippen LogP) is 2.70. The Labute approximate surface area is 147 Å². The maximum Gasteiger partial charge on any atom is 0.233 e. The van der Waals surface area contributed by atoms with Gasteiger partial charge in [0.15, 0.2) is 0 Å². The van der Waals surface area contributed by atoms with Crippen LogP contribution in [-0.4, -0.2) is 72.5 Å². The van der Waals surface area contributed by atoms with E-state index in [0.29, 0.717) is 25.0 Å². The minimum Gasteiger partial charge on any atom is -0.477 e. The molecule has 0 bridgehead atoms. The Balaban J connectivity index is 2.18. The van der Waals surface area contributed by atoms with E-state index in [4.69, 9.17) is 9.47 Å². The molecular weight excluding hydrogens is 304 g/mol. The zero-order valence-corrected chi connectivity index (χ0v) is 15.8. The lowest BCUT2D eigenvalue weighted by atomic mass is 10.4. The van der Waals surface area contributed by atoms with Crippen molar-refractivity contribution < 1.29 is 9.47 Å². The molecule has 1 aromatic heterocycles. The number of hydrogen-bond acceptors (Lipinski definition) is 6. The van der Waals surface area contributed by atoms with Crippen molar-refractivity contribution >= 4 is 0 Å². The summed E-state index contributed by atoms with van der Waals surface area (Å²) in [5.41, 5.74) is 0. The molecular formula is C18H34N4O2. The van der Waals surface area contributed by atoms with Crippen molar-refractivity contribution in [2.45, 2.75) is 40.5 Å². The Morgan fingerprint density at radius 2 is 1.08 bits per heavy atom. The van der Waals surface area contributed by atoms with Gasteiger partial charge in [0.05, 0.1) is 13.2 Å². The third kappa shape index (κ3) is 8.45. The summed E-state index contributed by atoms with van der Waals surface area (Å²) in [4.78, 5) is 4.76. The van der Waals surface area contributed by atoms with Crippen LogP contribution in [0, 0.1) is 0 Å². The normalized spacial score (nSPS) is 11.2. The number of ether oxygens (including phenoxy) is 2. The van der Waals surface area contributed by atoms with Gasteiger partial charge in [-0.25, -0.2) is 0 Å². The first-order valence-corrected chi connectivity index (χ1v) is 9.27. The zero-order chi connectivity index (χ0) is 17.6. The van der Waals surface area contributed by atoms with E-state index in [2.05, 4.69) is 47.7 Å². The summed E-state index contributed by atoms with van der Waals surface area (Å²) in [6.07, 6.45) is 1.99. The van der Waals surface area contributed by atoms with Crippen LogP contribution in [0.1, 0.15) is 40.5 Å². The quantitative estimate of drug-likeness (QED) is 0.486. The molecule has 0 radical (unpaired) electrons. The van der Waals surface area contributed by atoms with E-state index in [1.54, 1.807) is 0 Å². The van der Waals surface area contributed by atoms with Gasteiger partial charge in [-0.1, -0.05) is 27.7 Å². The molecule has 1 heterocycles. The maximum atomic E-state index is 5.62. The first-order chi connectivity index (χ1) is 11.7. The van der Waals surface area contributed by atoms with Crippen LogP contribution in [0.4, 0.5) is 0 Å². The van der Waals surface area contributed by atoms with Gasteiger partial charge in [-0.2, -0.15) is 0 Å². The van der Waals surface area contributed by atoms with Gasteiger partial charge >= 0.3 is 0 Å². The smallest absolute Gasteiger partial charge is 0.233 e. The average Bonchev–Trinajstić information content (AvgIpc) is 2.63. The van der Waals surface area contributed by atoms with Crippen LogP contribution in [0.15, 0.2) is 12.1 Å². The van der Waals surface area contributed by atoms with Crippen LogP contribution >= 0.6 is 0 Å². The standard InChI is InChI=1S/C18H34N4O2/c1-5-21(6-2)13-9-15-23-17-11-12-18(20-19-17)24-16-10-14-22(7-3)8-4/h11-12H,5-10,13-16H2,1-4H3. The molecule has 0 aromatic carbocycles. The highest BCUT2D eigenvalue weighted by atomic mass is 16.5. The fourth-order valence-corrected chi connectivity index (χ4v) is 2.47. The molecule has 0 saturated heterocycles. The summed E-state index contributed by atoms with van der Waals surface area (Å²) in [5.74, 6) is 1.12. The molecule has 0 aliphatic carbocycles. The Bertz CT molecular complexity index is 367. The lowest BCUT2D eigenvalue weighted by molar-refractivity contribution is 0.234. The molecule has 0 saturated carbocycles. The third-order valence-corrected chi connectivity index (χ3v) is 4.14. The molecule has 138 valence electrons. The maximum absolute atomic E-state index is 5.62. The van der Waals surface area contributed by atoms with E-state index in [1.165, 1.54) is 0 Å². The van der Waals surface area contributed by atoms with Crippen LogP contribution in [0.25, 0.3) is 0 Å². The molecule has 0 aliphatic rings. The van der Waals surface area contributed by atoms with Gasteiger partial charge in [0.25, 0.3) is 0 Å². The molecule has 0 unspecified atom stereocenters. The highest BCUT2D eigenvalue weighted by Gasteiger charge is 2.03. The molecule has 24 heavy (non-hydrogen) atoms. The molecule has 0 spiro atoms. The van der Waals surface area contributed by atoms with Gasteiger partial charge in [-0.15, -0.1) is 10.2 Å². The summed E-state index contributed by atoms with van der Waals surface area (Å²) in [7, 11) is 0. The third-order valence-electron chi connectivity index (χ3n) is 4.14. The molecule has 0 aliphatic heterocycles. The molecule has 0 amide bonds. The van der Waals surface area contributed by atoms with Gasteiger partial charge in [0, 0.05) is 25.2 Å². The van der Waals surface area contributed by atoms with Crippen molar-refractivity contribution in [3.8, 4) is 11.8 Å². The van der Waals surface area contributed by atoms with E-state index in [9.17, 15) is 0 Å². The molecule has 1 aromatic rings. The zero-order valence-electron chi connectivity index (χ0n) is 15.8. The van der Waals surface area contributed by atoms with Gasteiger partial charge < -0.3 is 19.3 Å². The van der Waals surface area contributed by atoms with E-state index >= 15 is 0 Å². The highest BCUT2D eigenvalue weighted by Crippen LogP contribution is 2.10. The Hall–Kier alpha value is -1.40. The van der Waals surface area contributed by atoms with Gasteiger partial charge in [-0.05, 0) is 39.0 Å². The Morgan fingerprint density at radius 3 is 1.38 bits per heavy atom. The van der Waals surface area contributed by atoms with Gasteiger partial charge in [-0.3, -0.25) is 0 Å². The largest absolute Gasteiger partial charge is 0.477 e. The lowest BCUT2D eigenvalue weighted by Gasteiger charge is -2.17. The summed E-state index contributed by atoms with van der Waals surface area (Å²) in [5, 5.41) is 8.12. The predicted molar refractivity (Wildman–Crippen MR) is 97.8 cm³/mol. The van der Waals surface area contributed by atoms with E-state index in [-0.39, 0.29) is 0 Å². The Morgan fingerprint density at radius 1 is 0.708 bits per heavy atom. The topological polar surface area (TPSA) is 50.7 Å². The fraction of sp³-hybridized carbons (Fsp3) is 0.778. The molecule has 6 nitrogen and oxygen atoms in total. The van der Waals surface area contributed by atoms with E-state index in [1.807, 2.05) is 12.1 Å². The first-order valence-electron chi connectivity index (χ1n) is 9.27. The number of rotatable bonds is 14.